The monoisotopic (exact) mass is 229 g/mol. The van der Waals surface area contributed by atoms with E-state index in [1.807, 2.05) is 20.8 Å². The highest BCUT2D eigenvalue weighted by atomic mass is 16.6. The average Bonchev–Trinajstić information content (AvgIpc) is 2.78. The van der Waals surface area contributed by atoms with Gasteiger partial charge in [-0.2, -0.15) is 0 Å². The Kier molecular flexibility index (Phi) is 3.84. The van der Waals surface area contributed by atoms with Gasteiger partial charge in [0.05, 0.1) is 6.10 Å². The lowest BCUT2D eigenvalue weighted by Crippen LogP contribution is -2.41. The molecule has 1 saturated carbocycles. The van der Waals surface area contributed by atoms with Crippen LogP contribution in [0.25, 0.3) is 0 Å². The van der Waals surface area contributed by atoms with Crippen molar-refractivity contribution in [3.8, 4) is 0 Å². The molecule has 1 unspecified atom stereocenters. The first-order chi connectivity index (χ1) is 7.22. The summed E-state index contributed by atoms with van der Waals surface area (Å²) in [5.41, 5.74) is -0.566. The van der Waals surface area contributed by atoms with Gasteiger partial charge in [-0.25, -0.2) is 4.79 Å². The molecule has 1 aliphatic carbocycles. The zero-order valence-corrected chi connectivity index (χ0v) is 10.7. The van der Waals surface area contributed by atoms with Gasteiger partial charge in [-0.1, -0.05) is 0 Å². The van der Waals surface area contributed by atoms with Crippen LogP contribution in [0.2, 0.25) is 0 Å². The van der Waals surface area contributed by atoms with Crippen LogP contribution in [0, 0.1) is 0 Å². The minimum absolute atomic E-state index is 0.112. The summed E-state index contributed by atoms with van der Waals surface area (Å²) in [6, 6.07) is 0. The Morgan fingerprint density at radius 1 is 1.50 bits per heavy atom. The van der Waals surface area contributed by atoms with Crippen LogP contribution in [-0.2, 0) is 4.74 Å². The molecule has 1 aliphatic rings. The predicted molar refractivity (Wildman–Crippen MR) is 62.2 cm³/mol. The van der Waals surface area contributed by atoms with Crippen molar-refractivity contribution in [2.75, 3.05) is 0 Å². The second kappa shape index (κ2) is 4.62. The minimum Gasteiger partial charge on any atom is -0.444 e. The molecule has 0 spiro atoms. The van der Waals surface area contributed by atoms with Crippen LogP contribution < -0.4 is 5.32 Å². The highest BCUT2D eigenvalue weighted by Crippen LogP contribution is 2.40. The second-order valence-electron chi connectivity index (χ2n) is 5.79. The van der Waals surface area contributed by atoms with E-state index in [1.54, 1.807) is 6.92 Å². The van der Waals surface area contributed by atoms with Crippen molar-refractivity contribution in [1.82, 2.24) is 5.32 Å². The zero-order valence-electron chi connectivity index (χ0n) is 10.7. The van der Waals surface area contributed by atoms with Crippen molar-refractivity contribution in [2.24, 2.45) is 0 Å². The van der Waals surface area contributed by atoms with Crippen molar-refractivity contribution >= 4 is 6.09 Å². The number of hydrogen-bond donors (Lipinski definition) is 2. The zero-order chi connectivity index (χ0) is 12.4. The van der Waals surface area contributed by atoms with E-state index in [0.29, 0.717) is 0 Å². The fourth-order valence-electron chi connectivity index (χ4n) is 1.59. The summed E-state index contributed by atoms with van der Waals surface area (Å²) in [5.74, 6) is 0. The van der Waals surface area contributed by atoms with E-state index >= 15 is 0 Å². The summed E-state index contributed by atoms with van der Waals surface area (Å²) in [7, 11) is 0. The molecule has 0 radical (unpaired) electrons. The fourth-order valence-corrected chi connectivity index (χ4v) is 1.59. The second-order valence-corrected chi connectivity index (χ2v) is 5.79. The molecule has 1 rings (SSSR count). The topological polar surface area (TPSA) is 58.6 Å². The van der Waals surface area contributed by atoms with Crippen LogP contribution in [0.3, 0.4) is 0 Å². The Hall–Kier alpha value is -0.770. The van der Waals surface area contributed by atoms with Crippen molar-refractivity contribution in [3.05, 3.63) is 0 Å². The maximum absolute atomic E-state index is 11.6. The normalized spacial score (nSPS) is 20.1. The molecule has 0 aliphatic heterocycles. The maximum Gasteiger partial charge on any atom is 0.408 e. The number of carbonyl (C=O) groups is 1. The number of carbonyl (C=O) groups excluding carboxylic acids is 1. The Morgan fingerprint density at radius 2 is 2.06 bits per heavy atom. The molecule has 4 heteroatoms. The molecule has 4 nitrogen and oxygen atoms in total. The summed E-state index contributed by atoms with van der Waals surface area (Å²) in [6.07, 6.45) is 2.85. The van der Waals surface area contributed by atoms with E-state index in [1.165, 1.54) is 0 Å². The first kappa shape index (κ1) is 13.3. The van der Waals surface area contributed by atoms with Crippen LogP contribution in [0.15, 0.2) is 0 Å². The Labute approximate surface area is 97.4 Å². The van der Waals surface area contributed by atoms with E-state index in [4.69, 9.17) is 4.74 Å². The molecular formula is C12H23NO3. The third kappa shape index (κ3) is 4.84. The highest BCUT2D eigenvalue weighted by molar-refractivity contribution is 5.69. The maximum atomic E-state index is 11.6. The molecule has 0 aromatic heterocycles. The van der Waals surface area contributed by atoms with Crippen LogP contribution in [0.1, 0.15) is 53.4 Å². The van der Waals surface area contributed by atoms with Gasteiger partial charge in [-0.3, -0.25) is 0 Å². The fraction of sp³-hybridized carbons (Fsp3) is 0.917. The predicted octanol–water partition coefficient (Wildman–Crippen LogP) is 2.20. The van der Waals surface area contributed by atoms with Gasteiger partial charge in [0.15, 0.2) is 0 Å². The smallest absolute Gasteiger partial charge is 0.408 e. The number of alkyl carbamates (subject to hydrolysis) is 1. The largest absolute Gasteiger partial charge is 0.444 e. The van der Waals surface area contributed by atoms with Gasteiger partial charge in [0.1, 0.15) is 5.60 Å². The standard InChI is InChI=1S/C12H23NO3/c1-9(14)5-6-12(7-8-12)13-10(15)16-11(2,3)4/h9,14H,5-8H2,1-4H3,(H,13,15). The van der Waals surface area contributed by atoms with Gasteiger partial charge in [-0.05, 0) is 53.4 Å². The van der Waals surface area contributed by atoms with Gasteiger partial charge in [0.2, 0.25) is 0 Å². The molecule has 2 N–H and O–H groups in total. The molecule has 0 saturated heterocycles. The third-order valence-electron chi connectivity index (χ3n) is 2.66. The molecular weight excluding hydrogens is 206 g/mol. The Morgan fingerprint density at radius 3 is 2.44 bits per heavy atom. The summed E-state index contributed by atoms with van der Waals surface area (Å²) in [5, 5.41) is 12.1. The number of ether oxygens (including phenoxy) is 1. The van der Waals surface area contributed by atoms with Gasteiger partial charge in [0.25, 0.3) is 0 Å². The summed E-state index contributed by atoms with van der Waals surface area (Å²) in [4.78, 5) is 11.6. The number of nitrogens with one attached hydrogen (secondary N) is 1. The van der Waals surface area contributed by atoms with Crippen LogP contribution >= 0.6 is 0 Å². The first-order valence-corrected chi connectivity index (χ1v) is 5.92. The summed E-state index contributed by atoms with van der Waals surface area (Å²) in [6.45, 7) is 7.31. The molecule has 0 aromatic rings. The summed E-state index contributed by atoms with van der Waals surface area (Å²) >= 11 is 0. The van der Waals surface area contributed by atoms with Gasteiger partial charge >= 0.3 is 6.09 Å². The molecule has 94 valence electrons. The lowest BCUT2D eigenvalue weighted by atomic mass is 10.1. The quantitative estimate of drug-likeness (QED) is 0.777. The van der Waals surface area contributed by atoms with Gasteiger partial charge < -0.3 is 15.2 Å². The number of aliphatic hydroxyl groups is 1. The van der Waals surface area contributed by atoms with Crippen molar-refractivity contribution < 1.29 is 14.6 Å². The van der Waals surface area contributed by atoms with Crippen LogP contribution in [0.5, 0.6) is 0 Å². The highest BCUT2D eigenvalue weighted by Gasteiger charge is 2.44. The molecule has 0 bridgehead atoms. The number of hydrogen-bond acceptors (Lipinski definition) is 3. The third-order valence-corrected chi connectivity index (χ3v) is 2.66. The van der Waals surface area contributed by atoms with E-state index in [9.17, 15) is 9.90 Å². The van der Waals surface area contributed by atoms with Crippen molar-refractivity contribution in [1.29, 1.82) is 0 Å². The van der Waals surface area contributed by atoms with E-state index in [0.717, 1.165) is 25.7 Å². The molecule has 1 fully saturated rings. The Balaban J connectivity index is 2.33. The first-order valence-electron chi connectivity index (χ1n) is 5.92. The van der Waals surface area contributed by atoms with E-state index in [-0.39, 0.29) is 17.7 Å². The number of aliphatic hydroxyl groups excluding tert-OH is 1. The van der Waals surface area contributed by atoms with Crippen molar-refractivity contribution in [3.63, 3.8) is 0 Å². The Bertz CT molecular complexity index is 251. The lowest BCUT2D eigenvalue weighted by Gasteiger charge is -2.23. The molecule has 16 heavy (non-hydrogen) atoms. The molecule has 1 amide bonds. The molecule has 0 heterocycles. The van der Waals surface area contributed by atoms with Crippen LogP contribution in [-0.4, -0.2) is 28.4 Å². The number of rotatable bonds is 4. The minimum atomic E-state index is -0.454. The van der Waals surface area contributed by atoms with E-state index in [2.05, 4.69) is 5.32 Å². The van der Waals surface area contributed by atoms with E-state index < -0.39 is 5.60 Å². The number of amides is 1. The van der Waals surface area contributed by atoms with Gasteiger partial charge in [0, 0.05) is 5.54 Å². The average molecular weight is 229 g/mol. The molecule has 1 atom stereocenters. The van der Waals surface area contributed by atoms with Crippen molar-refractivity contribution in [2.45, 2.75) is 70.6 Å². The van der Waals surface area contributed by atoms with Gasteiger partial charge in [-0.15, -0.1) is 0 Å². The lowest BCUT2D eigenvalue weighted by molar-refractivity contribution is 0.0487. The van der Waals surface area contributed by atoms with Crippen LogP contribution in [0.4, 0.5) is 4.79 Å². The summed E-state index contributed by atoms with van der Waals surface area (Å²) < 4.78 is 5.21. The SMILES string of the molecule is CC(O)CCC1(NC(=O)OC(C)(C)C)CC1. The molecule has 0 aromatic carbocycles.